The Bertz CT molecular complexity index is 540. The summed E-state index contributed by atoms with van der Waals surface area (Å²) >= 11 is 0. The van der Waals surface area contributed by atoms with Crippen LogP contribution in [0.1, 0.15) is 30.9 Å². The van der Waals surface area contributed by atoms with E-state index in [4.69, 9.17) is 0 Å². The van der Waals surface area contributed by atoms with Crippen molar-refractivity contribution in [2.24, 2.45) is 0 Å². The molecule has 0 aliphatic carbocycles. The van der Waals surface area contributed by atoms with Crippen molar-refractivity contribution in [3.05, 3.63) is 35.4 Å². The molecular formula is C12H16F3NO2S. The lowest BCUT2D eigenvalue weighted by Gasteiger charge is -2.23. The molecule has 0 fully saturated rings. The van der Waals surface area contributed by atoms with Crippen molar-refractivity contribution in [1.82, 2.24) is 4.72 Å². The molecule has 0 aliphatic rings. The molecule has 0 aliphatic heterocycles. The molecule has 108 valence electrons. The quantitative estimate of drug-likeness (QED) is 0.928. The molecule has 0 saturated heterocycles. The third-order valence-electron chi connectivity index (χ3n) is 2.91. The number of benzene rings is 1. The molecule has 1 aromatic rings. The molecule has 0 radical (unpaired) electrons. The van der Waals surface area contributed by atoms with Gasteiger partial charge in [-0.15, -0.1) is 0 Å². The highest BCUT2D eigenvalue weighted by molar-refractivity contribution is 7.88. The van der Waals surface area contributed by atoms with Gasteiger partial charge in [0, 0.05) is 6.04 Å². The fraction of sp³-hybridized carbons (Fsp3) is 0.500. The van der Waals surface area contributed by atoms with Crippen LogP contribution in [-0.4, -0.2) is 20.7 Å². The van der Waals surface area contributed by atoms with Gasteiger partial charge in [0.05, 0.1) is 11.8 Å². The predicted octanol–water partition coefficient (Wildman–Crippen LogP) is 2.75. The highest BCUT2D eigenvalue weighted by atomic mass is 32.2. The van der Waals surface area contributed by atoms with Crippen LogP contribution in [0.5, 0.6) is 0 Å². The Balaban J connectivity index is 3.10. The third-order valence-corrected chi connectivity index (χ3v) is 3.71. The van der Waals surface area contributed by atoms with Gasteiger partial charge >= 0.3 is 6.18 Å². The molecule has 1 aromatic carbocycles. The van der Waals surface area contributed by atoms with Crippen molar-refractivity contribution in [2.45, 2.75) is 32.0 Å². The van der Waals surface area contributed by atoms with E-state index in [1.165, 1.54) is 18.2 Å². The summed E-state index contributed by atoms with van der Waals surface area (Å²) < 4.78 is 63.2. The van der Waals surface area contributed by atoms with Gasteiger partial charge in [-0.05, 0) is 24.5 Å². The van der Waals surface area contributed by atoms with Crippen LogP contribution in [0.15, 0.2) is 24.3 Å². The fourth-order valence-corrected chi connectivity index (χ4v) is 2.74. The van der Waals surface area contributed by atoms with Crippen molar-refractivity contribution >= 4 is 10.0 Å². The number of hydrogen-bond donors (Lipinski definition) is 1. The molecule has 1 N–H and O–H groups in total. The Hall–Kier alpha value is -1.08. The molecule has 0 unspecified atom stereocenters. The van der Waals surface area contributed by atoms with Crippen LogP contribution in [0.4, 0.5) is 13.2 Å². The maximum absolute atomic E-state index is 12.9. The van der Waals surface area contributed by atoms with Crippen LogP contribution in [0, 0.1) is 0 Å². The number of nitrogens with one attached hydrogen (secondary N) is 1. The molecule has 0 saturated carbocycles. The van der Waals surface area contributed by atoms with Crippen molar-refractivity contribution in [3.63, 3.8) is 0 Å². The lowest BCUT2D eigenvalue weighted by molar-refractivity contribution is -0.138. The second kappa shape index (κ2) is 5.50. The van der Waals surface area contributed by atoms with E-state index in [1.54, 1.807) is 13.8 Å². The highest BCUT2D eigenvalue weighted by Crippen LogP contribution is 2.35. The number of hydrogen-bond acceptors (Lipinski definition) is 2. The van der Waals surface area contributed by atoms with Gasteiger partial charge in [0.15, 0.2) is 0 Å². The summed E-state index contributed by atoms with van der Waals surface area (Å²) in [6, 6.07) is 4.56. The predicted molar refractivity (Wildman–Crippen MR) is 67.3 cm³/mol. The molecule has 0 aromatic heterocycles. The Morgan fingerprint density at radius 2 is 1.68 bits per heavy atom. The number of alkyl halides is 3. The normalized spacial score (nSPS) is 16.1. The Morgan fingerprint density at radius 1 is 1.16 bits per heavy atom. The summed E-state index contributed by atoms with van der Waals surface area (Å²) in [7, 11) is -3.46. The maximum atomic E-state index is 12.9. The smallest absolute Gasteiger partial charge is 0.213 e. The second-order valence-corrected chi connectivity index (χ2v) is 6.33. The Labute approximate surface area is 110 Å². The first-order chi connectivity index (χ1) is 8.52. The summed E-state index contributed by atoms with van der Waals surface area (Å²) in [6.07, 6.45) is -3.47. The molecule has 0 spiro atoms. The monoisotopic (exact) mass is 295 g/mol. The van der Waals surface area contributed by atoms with E-state index in [1.807, 2.05) is 0 Å². The van der Waals surface area contributed by atoms with E-state index in [9.17, 15) is 21.6 Å². The number of sulfonamides is 1. The van der Waals surface area contributed by atoms with Crippen molar-refractivity contribution in [2.75, 3.05) is 6.26 Å². The van der Waals surface area contributed by atoms with E-state index in [0.29, 0.717) is 0 Å². The van der Waals surface area contributed by atoms with Gasteiger partial charge in [0.25, 0.3) is 0 Å². The topological polar surface area (TPSA) is 46.2 Å². The van der Waals surface area contributed by atoms with Crippen LogP contribution in [0.3, 0.4) is 0 Å². The summed E-state index contributed by atoms with van der Waals surface area (Å²) in [4.78, 5) is 0. The van der Waals surface area contributed by atoms with Crippen LogP contribution >= 0.6 is 0 Å². The molecule has 7 heteroatoms. The van der Waals surface area contributed by atoms with E-state index >= 15 is 0 Å². The van der Waals surface area contributed by atoms with E-state index < -0.39 is 33.7 Å². The van der Waals surface area contributed by atoms with Gasteiger partial charge in [-0.25, -0.2) is 13.1 Å². The first-order valence-corrected chi connectivity index (χ1v) is 7.55. The minimum Gasteiger partial charge on any atom is -0.213 e. The van der Waals surface area contributed by atoms with Crippen LogP contribution in [0.2, 0.25) is 0 Å². The van der Waals surface area contributed by atoms with Crippen LogP contribution < -0.4 is 4.72 Å². The molecule has 0 amide bonds. The molecule has 1 rings (SSSR count). The lowest BCUT2D eigenvalue weighted by Crippen LogP contribution is -2.35. The third kappa shape index (κ3) is 4.50. The second-order valence-electron chi connectivity index (χ2n) is 4.55. The van der Waals surface area contributed by atoms with Crippen LogP contribution in [0.25, 0.3) is 0 Å². The first-order valence-electron chi connectivity index (χ1n) is 5.66. The largest absolute Gasteiger partial charge is 0.416 e. The minimum atomic E-state index is -4.45. The number of halogens is 3. The molecular weight excluding hydrogens is 279 g/mol. The summed E-state index contributed by atoms with van der Waals surface area (Å²) in [5.41, 5.74) is -0.650. The average Bonchev–Trinajstić information content (AvgIpc) is 2.24. The Kier molecular flexibility index (Phi) is 4.63. The van der Waals surface area contributed by atoms with Crippen molar-refractivity contribution in [1.29, 1.82) is 0 Å². The average molecular weight is 295 g/mol. The SMILES string of the molecule is C[C@H](c1ccccc1C(F)(F)F)[C@@H](C)NS(C)(=O)=O. The van der Waals surface area contributed by atoms with E-state index in [0.717, 1.165) is 12.3 Å². The van der Waals surface area contributed by atoms with Crippen molar-refractivity contribution < 1.29 is 21.6 Å². The van der Waals surface area contributed by atoms with Gasteiger partial charge in [0.1, 0.15) is 0 Å². The minimum absolute atomic E-state index is 0.0821. The van der Waals surface area contributed by atoms with Gasteiger partial charge in [0.2, 0.25) is 10.0 Å². The summed E-state index contributed by atoms with van der Waals surface area (Å²) in [5.74, 6) is -0.590. The van der Waals surface area contributed by atoms with Gasteiger partial charge in [-0.2, -0.15) is 13.2 Å². The zero-order valence-corrected chi connectivity index (χ0v) is 11.6. The Morgan fingerprint density at radius 3 is 2.16 bits per heavy atom. The molecule has 0 heterocycles. The summed E-state index contributed by atoms with van der Waals surface area (Å²) in [5, 5.41) is 0. The van der Waals surface area contributed by atoms with E-state index in [2.05, 4.69) is 4.72 Å². The standard InChI is InChI=1S/C12H16F3NO2S/c1-8(9(2)16-19(3,17)18)10-6-4-5-7-11(10)12(13,14)15/h4-9,16H,1-3H3/t8-,9+/m0/s1. The highest BCUT2D eigenvalue weighted by Gasteiger charge is 2.35. The van der Waals surface area contributed by atoms with Crippen molar-refractivity contribution in [3.8, 4) is 0 Å². The fourth-order valence-electron chi connectivity index (χ4n) is 1.86. The first kappa shape index (κ1) is 16.0. The molecule has 3 nitrogen and oxygen atoms in total. The molecule has 19 heavy (non-hydrogen) atoms. The molecule has 0 bridgehead atoms. The van der Waals surface area contributed by atoms with Crippen LogP contribution in [-0.2, 0) is 16.2 Å². The lowest BCUT2D eigenvalue weighted by atomic mass is 9.91. The maximum Gasteiger partial charge on any atom is 0.416 e. The van der Waals surface area contributed by atoms with Gasteiger partial charge < -0.3 is 0 Å². The molecule has 2 atom stereocenters. The zero-order chi connectivity index (χ0) is 14.8. The van der Waals surface area contributed by atoms with Gasteiger partial charge in [-0.1, -0.05) is 25.1 Å². The number of rotatable bonds is 4. The summed E-state index contributed by atoms with van der Waals surface area (Å²) in [6.45, 7) is 3.10. The zero-order valence-electron chi connectivity index (χ0n) is 10.8. The van der Waals surface area contributed by atoms with E-state index in [-0.39, 0.29) is 5.56 Å². The van der Waals surface area contributed by atoms with Gasteiger partial charge in [-0.3, -0.25) is 0 Å².